The van der Waals surface area contributed by atoms with Gasteiger partial charge in [-0.05, 0) is 6.07 Å². The van der Waals surface area contributed by atoms with Gasteiger partial charge >= 0.3 is 0 Å². The highest BCUT2D eigenvalue weighted by Crippen LogP contribution is 2.09. The molecule has 5 nitrogen and oxygen atoms in total. The van der Waals surface area contributed by atoms with E-state index in [2.05, 4.69) is 15.2 Å². The summed E-state index contributed by atoms with van der Waals surface area (Å²) in [5.41, 5.74) is 2.26. The molecule has 0 saturated carbocycles. The number of ether oxygens (including phenoxy) is 1. The minimum atomic E-state index is -0.230. The maximum absolute atomic E-state index is 11.7. The lowest BCUT2D eigenvalue weighted by atomic mass is 10.2. The SMILES string of the molecule is COc1ccc(C(=O)c2cscn2)nn1. The number of thiazole rings is 1. The van der Waals surface area contributed by atoms with Crippen LogP contribution in [0.5, 0.6) is 5.88 Å². The molecule has 0 radical (unpaired) electrons. The zero-order valence-electron chi connectivity index (χ0n) is 7.88. The van der Waals surface area contributed by atoms with Crippen molar-refractivity contribution < 1.29 is 9.53 Å². The van der Waals surface area contributed by atoms with Crippen LogP contribution >= 0.6 is 11.3 Å². The van der Waals surface area contributed by atoms with Gasteiger partial charge in [0.1, 0.15) is 11.4 Å². The van der Waals surface area contributed by atoms with Crippen molar-refractivity contribution in [1.29, 1.82) is 0 Å². The van der Waals surface area contributed by atoms with Gasteiger partial charge in [0, 0.05) is 11.4 Å². The zero-order chi connectivity index (χ0) is 10.7. The molecule has 0 N–H and O–H groups in total. The average molecular weight is 221 g/mol. The second-order valence-electron chi connectivity index (χ2n) is 2.66. The highest BCUT2D eigenvalue weighted by atomic mass is 32.1. The molecule has 0 saturated heterocycles. The molecule has 2 aromatic rings. The molecule has 0 spiro atoms. The predicted molar refractivity (Wildman–Crippen MR) is 54.1 cm³/mol. The third-order valence-corrected chi connectivity index (χ3v) is 2.33. The van der Waals surface area contributed by atoms with Crippen LogP contribution in [0, 0.1) is 0 Å². The second kappa shape index (κ2) is 4.14. The monoisotopic (exact) mass is 221 g/mol. The maximum Gasteiger partial charge on any atom is 0.233 e. The highest BCUT2D eigenvalue weighted by Gasteiger charge is 2.12. The summed E-state index contributed by atoms with van der Waals surface area (Å²) in [6.07, 6.45) is 0. The van der Waals surface area contributed by atoms with Gasteiger partial charge in [-0.1, -0.05) is 0 Å². The molecule has 6 heteroatoms. The van der Waals surface area contributed by atoms with Crippen molar-refractivity contribution in [1.82, 2.24) is 15.2 Å². The van der Waals surface area contributed by atoms with E-state index in [1.54, 1.807) is 23.0 Å². The van der Waals surface area contributed by atoms with E-state index in [1.807, 2.05) is 0 Å². The molecule has 76 valence electrons. The van der Waals surface area contributed by atoms with Crippen molar-refractivity contribution >= 4 is 17.1 Å². The topological polar surface area (TPSA) is 65.0 Å². The largest absolute Gasteiger partial charge is 0.480 e. The molecule has 0 aliphatic carbocycles. The molecule has 0 fully saturated rings. The Morgan fingerprint density at radius 1 is 1.33 bits per heavy atom. The van der Waals surface area contributed by atoms with Gasteiger partial charge in [0.25, 0.3) is 0 Å². The van der Waals surface area contributed by atoms with Gasteiger partial charge in [-0.3, -0.25) is 4.79 Å². The lowest BCUT2D eigenvalue weighted by Crippen LogP contribution is -2.05. The van der Waals surface area contributed by atoms with Crippen LogP contribution in [0.3, 0.4) is 0 Å². The van der Waals surface area contributed by atoms with Gasteiger partial charge in [-0.25, -0.2) is 4.98 Å². The number of carbonyl (C=O) groups is 1. The van der Waals surface area contributed by atoms with Gasteiger partial charge in [0.2, 0.25) is 11.7 Å². The normalized spacial score (nSPS) is 9.93. The molecule has 2 heterocycles. The number of aromatic nitrogens is 3. The molecule has 2 rings (SSSR count). The van der Waals surface area contributed by atoms with Crippen molar-refractivity contribution in [3.63, 3.8) is 0 Å². The zero-order valence-corrected chi connectivity index (χ0v) is 8.69. The predicted octanol–water partition coefficient (Wildman–Crippen LogP) is 1.17. The van der Waals surface area contributed by atoms with E-state index < -0.39 is 0 Å². The summed E-state index contributed by atoms with van der Waals surface area (Å²) < 4.78 is 4.84. The van der Waals surface area contributed by atoms with Gasteiger partial charge in [-0.15, -0.1) is 21.5 Å². The summed E-state index contributed by atoms with van der Waals surface area (Å²) >= 11 is 1.37. The first-order valence-electron chi connectivity index (χ1n) is 4.12. The first kappa shape index (κ1) is 9.72. The van der Waals surface area contributed by atoms with E-state index in [1.165, 1.54) is 18.4 Å². The Morgan fingerprint density at radius 2 is 2.20 bits per heavy atom. The number of rotatable bonds is 3. The molecule has 2 aromatic heterocycles. The lowest BCUT2D eigenvalue weighted by molar-refractivity contribution is 0.102. The van der Waals surface area contributed by atoms with Crippen LogP contribution in [-0.4, -0.2) is 28.1 Å². The number of ketones is 1. The standard InChI is InChI=1S/C9H7N3O2S/c1-14-8-3-2-6(11-12-8)9(13)7-4-15-5-10-7/h2-5H,1H3. The van der Waals surface area contributed by atoms with Crippen LogP contribution in [0.2, 0.25) is 0 Å². The minimum Gasteiger partial charge on any atom is -0.480 e. The van der Waals surface area contributed by atoms with E-state index in [4.69, 9.17) is 4.74 Å². The number of methoxy groups -OCH3 is 1. The third-order valence-electron chi connectivity index (χ3n) is 1.75. The van der Waals surface area contributed by atoms with Gasteiger partial charge < -0.3 is 4.74 Å². The van der Waals surface area contributed by atoms with Crippen molar-refractivity contribution in [2.24, 2.45) is 0 Å². The summed E-state index contributed by atoms with van der Waals surface area (Å²) in [6, 6.07) is 3.15. The van der Waals surface area contributed by atoms with Gasteiger partial charge in [0.05, 0.1) is 12.6 Å². The van der Waals surface area contributed by atoms with Crippen LogP contribution in [0.4, 0.5) is 0 Å². The Kier molecular flexibility index (Phi) is 2.68. The van der Waals surface area contributed by atoms with E-state index in [0.29, 0.717) is 11.6 Å². The molecule has 0 aliphatic heterocycles. The van der Waals surface area contributed by atoms with Crippen molar-refractivity contribution in [2.75, 3.05) is 7.11 Å². The fourth-order valence-electron chi connectivity index (χ4n) is 1.01. The maximum atomic E-state index is 11.7. The molecular formula is C9H7N3O2S. The van der Waals surface area contributed by atoms with Crippen LogP contribution in [0.25, 0.3) is 0 Å². The molecule has 0 amide bonds. The Hall–Kier alpha value is -1.82. The molecule has 0 aromatic carbocycles. The average Bonchev–Trinajstić information content (AvgIpc) is 2.82. The Bertz CT molecular complexity index is 453. The summed E-state index contributed by atoms with van der Waals surface area (Å²) in [6.45, 7) is 0. The lowest BCUT2D eigenvalue weighted by Gasteiger charge is -1.98. The summed E-state index contributed by atoms with van der Waals surface area (Å²) in [5, 5.41) is 9.13. The van der Waals surface area contributed by atoms with E-state index >= 15 is 0 Å². The second-order valence-corrected chi connectivity index (χ2v) is 3.38. The smallest absolute Gasteiger partial charge is 0.233 e. The van der Waals surface area contributed by atoms with Gasteiger partial charge in [0.15, 0.2) is 0 Å². The number of hydrogen-bond donors (Lipinski definition) is 0. The van der Waals surface area contributed by atoms with Gasteiger partial charge in [-0.2, -0.15) is 0 Å². The molecule has 0 aliphatic rings. The van der Waals surface area contributed by atoms with E-state index in [9.17, 15) is 4.79 Å². The number of nitrogens with zero attached hydrogens (tertiary/aromatic N) is 3. The van der Waals surface area contributed by atoms with E-state index in [0.717, 1.165) is 0 Å². The van der Waals surface area contributed by atoms with Crippen LogP contribution < -0.4 is 4.74 Å². The fraction of sp³-hybridized carbons (Fsp3) is 0.111. The Labute approximate surface area is 89.8 Å². The quantitative estimate of drug-likeness (QED) is 0.728. The van der Waals surface area contributed by atoms with E-state index in [-0.39, 0.29) is 11.5 Å². The van der Waals surface area contributed by atoms with Crippen molar-refractivity contribution in [2.45, 2.75) is 0 Å². The molecule has 0 unspecified atom stereocenters. The van der Waals surface area contributed by atoms with Crippen molar-refractivity contribution in [3.05, 3.63) is 34.4 Å². The minimum absolute atomic E-state index is 0.230. The number of carbonyl (C=O) groups excluding carboxylic acids is 1. The first-order chi connectivity index (χ1) is 7.31. The Morgan fingerprint density at radius 3 is 2.73 bits per heavy atom. The Balaban J connectivity index is 2.27. The number of hydrogen-bond acceptors (Lipinski definition) is 6. The molecular weight excluding hydrogens is 214 g/mol. The summed E-state index contributed by atoms with van der Waals surface area (Å²) in [7, 11) is 1.49. The molecule has 0 atom stereocenters. The van der Waals surface area contributed by atoms with Crippen LogP contribution in [-0.2, 0) is 0 Å². The van der Waals surface area contributed by atoms with Crippen LogP contribution in [0.1, 0.15) is 16.2 Å². The fourth-order valence-corrected chi connectivity index (χ4v) is 1.54. The molecule has 15 heavy (non-hydrogen) atoms. The first-order valence-corrected chi connectivity index (χ1v) is 5.06. The molecule has 0 bridgehead atoms. The van der Waals surface area contributed by atoms with Crippen molar-refractivity contribution in [3.8, 4) is 5.88 Å². The summed E-state index contributed by atoms with van der Waals surface area (Å²) in [5.74, 6) is 0.149. The summed E-state index contributed by atoms with van der Waals surface area (Å²) in [4.78, 5) is 15.6. The van der Waals surface area contributed by atoms with Crippen LogP contribution in [0.15, 0.2) is 23.0 Å². The third kappa shape index (κ3) is 1.99. The highest BCUT2D eigenvalue weighted by molar-refractivity contribution is 7.07.